The van der Waals surface area contributed by atoms with Crippen LogP contribution in [0.25, 0.3) is 0 Å². The van der Waals surface area contributed by atoms with Gasteiger partial charge in [0.25, 0.3) is 0 Å². The second kappa shape index (κ2) is 8.00. The van der Waals surface area contributed by atoms with Crippen LogP contribution in [-0.2, 0) is 12.1 Å². The molecule has 2 rings (SSSR count). The van der Waals surface area contributed by atoms with E-state index in [0.717, 1.165) is 12.1 Å². The first-order chi connectivity index (χ1) is 12.0. The van der Waals surface area contributed by atoms with Crippen molar-refractivity contribution in [3.8, 4) is 0 Å². The maximum Gasteiger partial charge on any atom is 0.423 e. The first-order valence-corrected chi connectivity index (χ1v) is 8.67. The zero-order valence-electron chi connectivity index (χ0n) is 13.0. The molecule has 0 aliphatic heterocycles. The third-order valence-electron chi connectivity index (χ3n) is 3.75. The van der Waals surface area contributed by atoms with Gasteiger partial charge in [-0.1, -0.05) is 52.5 Å². The third-order valence-corrected chi connectivity index (χ3v) is 5.30. The standard InChI is InChI=1S/C16H13Cl4F3N2O/c17-11-5-10(2-1-8(11)6-24)25-7-15(26,16(21,22)23)9-3-12(18)14(20)13(19)4-9/h1-5,25-26H,6-7,24H2/t15-/m0/s1. The van der Waals surface area contributed by atoms with Gasteiger partial charge in [0.2, 0.25) is 5.60 Å². The Balaban J connectivity index is 2.38. The zero-order chi connectivity index (χ0) is 19.7. The van der Waals surface area contributed by atoms with Crippen LogP contribution in [0.3, 0.4) is 0 Å². The molecule has 0 saturated heterocycles. The van der Waals surface area contributed by atoms with Crippen molar-refractivity contribution < 1.29 is 18.3 Å². The van der Waals surface area contributed by atoms with Gasteiger partial charge in [0.15, 0.2) is 0 Å². The molecule has 3 nitrogen and oxygen atoms in total. The van der Waals surface area contributed by atoms with Crippen LogP contribution < -0.4 is 11.1 Å². The molecule has 0 aliphatic carbocycles. The molecule has 0 fully saturated rings. The lowest BCUT2D eigenvalue weighted by atomic mass is 9.92. The van der Waals surface area contributed by atoms with Gasteiger partial charge in [-0.05, 0) is 35.4 Å². The average molecular weight is 448 g/mol. The van der Waals surface area contributed by atoms with Crippen molar-refractivity contribution in [2.24, 2.45) is 5.73 Å². The summed E-state index contributed by atoms with van der Waals surface area (Å²) >= 11 is 23.4. The molecule has 0 aliphatic rings. The highest BCUT2D eigenvalue weighted by Crippen LogP contribution is 2.43. The molecule has 0 unspecified atom stereocenters. The van der Waals surface area contributed by atoms with E-state index >= 15 is 0 Å². The van der Waals surface area contributed by atoms with E-state index in [4.69, 9.17) is 52.1 Å². The number of nitrogens with two attached hydrogens (primary N) is 1. The summed E-state index contributed by atoms with van der Waals surface area (Å²) in [6, 6.07) is 6.35. The summed E-state index contributed by atoms with van der Waals surface area (Å²) in [5, 5.41) is 12.7. The summed E-state index contributed by atoms with van der Waals surface area (Å²) in [4.78, 5) is 0. The predicted octanol–water partition coefficient (Wildman–Crippen LogP) is 5.62. The van der Waals surface area contributed by atoms with Crippen molar-refractivity contribution in [2.75, 3.05) is 11.9 Å². The molecular weight excluding hydrogens is 435 g/mol. The summed E-state index contributed by atoms with van der Waals surface area (Å²) in [7, 11) is 0. The molecule has 10 heteroatoms. The Morgan fingerprint density at radius 1 is 0.962 bits per heavy atom. The number of halogens is 7. The highest BCUT2D eigenvalue weighted by atomic mass is 35.5. The smallest absolute Gasteiger partial charge is 0.381 e. The topological polar surface area (TPSA) is 58.3 Å². The van der Waals surface area contributed by atoms with E-state index in [2.05, 4.69) is 5.32 Å². The van der Waals surface area contributed by atoms with Gasteiger partial charge < -0.3 is 16.2 Å². The first-order valence-electron chi connectivity index (χ1n) is 7.16. The molecule has 0 radical (unpaired) electrons. The number of alkyl halides is 3. The Morgan fingerprint density at radius 2 is 1.54 bits per heavy atom. The van der Waals surface area contributed by atoms with Gasteiger partial charge in [0, 0.05) is 17.3 Å². The lowest BCUT2D eigenvalue weighted by Gasteiger charge is -2.32. The minimum absolute atomic E-state index is 0.0984. The number of nitrogens with one attached hydrogen (secondary N) is 1. The van der Waals surface area contributed by atoms with Crippen molar-refractivity contribution in [1.29, 1.82) is 0 Å². The fourth-order valence-electron chi connectivity index (χ4n) is 2.21. The minimum atomic E-state index is -5.01. The lowest BCUT2D eigenvalue weighted by molar-refractivity contribution is -0.260. The number of hydrogen-bond donors (Lipinski definition) is 3. The molecule has 0 amide bonds. The van der Waals surface area contributed by atoms with E-state index in [9.17, 15) is 18.3 Å². The maximum absolute atomic E-state index is 13.6. The van der Waals surface area contributed by atoms with Gasteiger partial charge in [-0.2, -0.15) is 13.2 Å². The molecule has 0 spiro atoms. The van der Waals surface area contributed by atoms with Gasteiger partial charge in [0.1, 0.15) is 0 Å². The highest BCUT2D eigenvalue weighted by Gasteiger charge is 2.55. The second-order valence-electron chi connectivity index (χ2n) is 5.48. The van der Waals surface area contributed by atoms with Crippen molar-refractivity contribution in [2.45, 2.75) is 18.3 Å². The molecule has 0 aromatic heterocycles. The van der Waals surface area contributed by atoms with Crippen LogP contribution in [0, 0.1) is 0 Å². The number of anilines is 1. The Morgan fingerprint density at radius 3 is 2.00 bits per heavy atom. The molecule has 2 aromatic carbocycles. The average Bonchev–Trinajstić information content (AvgIpc) is 2.56. The van der Waals surface area contributed by atoms with Gasteiger partial charge in [-0.15, -0.1) is 0 Å². The summed E-state index contributed by atoms with van der Waals surface area (Å²) in [6.07, 6.45) is -5.01. The fraction of sp³-hybridized carbons (Fsp3) is 0.250. The monoisotopic (exact) mass is 446 g/mol. The summed E-state index contributed by atoms with van der Waals surface area (Å²) in [5.41, 5.74) is 2.61. The molecule has 1 atom stereocenters. The largest absolute Gasteiger partial charge is 0.423 e. The van der Waals surface area contributed by atoms with E-state index in [1.165, 1.54) is 12.1 Å². The Bertz CT molecular complexity index is 794. The van der Waals surface area contributed by atoms with Gasteiger partial charge in [-0.25, -0.2) is 0 Å². The van der Waals surface area contributed by atoms with Gasteiger partial charge >= 0.3 is 6.18 Å². The second-order valence-corrected chi connectivity index (χ2v) is 7.08. The van der Waals surface area contributed by atoms with Gasteiger partial charge in [0.05, 0.1) is 21.6 Å². The first kappa shape index (κ1) is 21.4. The van der Waals surface area contributed by atoms with Crippen LogP contribution in [0.2, 0.25) is 20.1 Å². The van der Waals surface area contributed by atoms with Crippen LogP contribution >= 0.6 is 46.4 Å². The lowest BCUT2D eigenvalue weighted by Crippen LogP contribution is -2.47. The summed E-state index contributed by atoms with van der Waals surface area (Å²) in [6.45, 7) is -0.712. The Kier molecular flexibility index (Phi) is 6.59. The highest BCUT2D eigenvalue weighted by molar-refractivity contribution is 6.48. The fourth-order valence-corrected chi connectivity index (χ4v) is 3.07. The Hall–Kier alpha value is -0.890. The number of hydrogen-bond acceptors (Lipinski definition) is 3. The maximum atomic E-state index is 13.6. The van der Waals surface area contributed by atoms with Crippen molar-refractivity contribution >= 4 is 52.1 Å². The van der Waals surface area contributed by atoms with Crippen molar-refractivity contribution in [1.82, 2.24) is 0 Å². The van der Waals surface area contributed by atoms with Crippen LogP contribution in [0.15, 0.2) is 30.3 Å². The van der Waals surface area contributed by atoms with Crippen LogP contribution in [-0.4, -0.2) is 17.8 Å². The molecule has 2 aromatic rings. The summed E-state index contributed by atoms with van der Waals surface area (Å²) in [5.74, 6) is 0. The molecule has 26 heavy (non-hydrogen) atoms. The quantitative estimate of drug-likeness (QED) is 0.521. The number of benzene rings is 2. The molecule has 4 N–H and O–H groups in total. The predicted molar refractivity (Wildman–Crippen MR) is 99.3 cm³/mol. The molecular formula is C16H13Cl4F3N2O. The van der Waals surface area contributed by atoms with Crippen molar-refractivity contribution in [3.05, 3.63) is 61.5 Å². The number of aliphatic hydroxyl groups is 1. The van der Waals surface area contributed by atoms with Gasteiger partial charge in [-0.3, -0.25) is 0 Å². The summed E-state index contributed by atoms with van der Waals surface area (Å²) < 4.78 is 40.8. The van der Waals surface area contributed by atoms with E-state index in [0.29, 0.717) is 10.6 Å². The minimum Gasteiger partial charge on any atom is -0.381 e. The van der Waals surface area contributed by atoms with E-state index in [1.807, 2.05) is 0 Å². The molecule has 0 heterocycles. The van der Waals surface area contributed by atoms with E-state index in [-0.39, 0.29) is 27.3 Å². The molecule has 142 valence electrons. The van der Waals surface area contributed by atoms with Crippen LogP contribution in [0.4, 0.5) is 18.9 Å². The van der Waals surface area contributed by atoms with Crippen LogP contribution in [0.5, 0.6) is 0 Å². The zero-order valence-corrected chi connectivity index (χ0v) is 16.0. The normalized spacial score (nSPS) is 14.2. The third kappa shape index (κ3) is 4.32. The van der Waals surface area contributed by atoms with Crippen molar-refractivity contribution in [3.63, 3.8) is 0 Å². The number of rotatable bonds is 5. The SMILES string of the molecule is NCc1ccc(NC[C@](O)(c2cc(Cl)c(Cl)c(Cl)c2)C(F)(F)F)cc1Cl. The van der Waals surface area contributed by atoms with E-state index < -0.39 is 23.9 Å². The Labute approximate surface area is 167 Å². The van der Waals surface area contributed by atoms with E-state index in [1.54, 1.807) is 6.07 Å². The molecule has 0 saturated carbocycles. The van der Waals surface area contributed by atoms with Crippen LogP contribution in [0.1, 0.15) is 11.1 Å². The molecule has 0 bridgehead atoms.